The fourth-order valence-corrected chi connectivity index (χ4v) is 4.89. The molecule has 0 aliphatic carbocycles. The minimum Gasteiger partial charge on any atom is -0.406 e. The molecule has 0 saturated heterocycles. The van der Waals surface area contributed by atoms with Crippen molar-refractivity contribution >= 4 is 17.6 Å². The topological polar surface area (TPSA) is 69.6 Å². The van der Waals surface area contributed by atoms with Crippen LogP contribution in [0.3, 0.4) is 0 Å². The maximum atomic E-state index is 12.4. The van der Waals surface area contributed by atoms with Crippen molar-refractivity contribution in [2.24, 2.45) is 10.2 Å². The number of hydrogen-bond donors (Lipinski definition) is 0. The summed E-state index contributed by atoms with van der Waals surface area (Å²) >= 11 is 1.53. The standard InChI is InChI=1S/C28H23F3N6OS/c1-18-5-4-6-19(2)25(18)37-20(3)16-39-27(37)34-33-15-21-7-9-22(10-8-21)26-32-17-36(35-26)23-11-13-24(14-12-23)38-28(29,30)31/h4-17H,1-3H3. The molecule has 39 heavy (non-hydrogen) atoms. The second-order valence-corrected chi connectivity index (χ2v) is 9.59. The molecule has 5 rings (SSSR count). The molecule has 0 unspecified atom stereocenters. The first-order valence-corrected chi connectivity index (χ1v) is 12.7. The Kier molecular flexibility index (Phi) is 7.16. The first kappa shape index (κ1) is 26.1. The molecule has 0 atom stereocenters. The molecule has 2 aromatic heterocycles. The number of thiazole rings is 1. The Labute approximate surface area is 226 Å². The highest BCUT2D eigenvalue weighted by Crippen LogP contribution is 2.24. The van der Waals surface area contributed by atoms with Gasteiger partial charge in [0.15, 0.2) is 5.82 Å². The van der Waals surface area contributed by atoms with Gasteiger partial charge >= 0.3 is 6.36 Å². The van der Waals surface area contributed by atoms with Crippen molar-refractivity contribution in [3.63, 3.8) is 0 Å². The normalized spacial score (nSPS) is 12.4. The Hall–Kier alpha value is -4.51. The van der Waals surface area contributed by atoms with E-state index in [1.807, 2.05) is 30.3 Å². The van der Waals surface area contributed by atoms with Crippen LogP contribution in [0.2, 0.25) is 0 Å². The molecule has 198 valence electrons. The van der Waals surface area contributed by atoms with Crippen molar-refractivity contribution < 1.29 is 17.9 Å². The number of hydrogen-bond acceptors (Lipinski definition) is 6. The van der Waals surface area contributed by atoms with Crippen LogP contribution >= 0.6 is 11.3 Å². The molecule has 0 radical (unpaired) electrons. The summed E-state index contributed by atoms with van der Waals surface area (Å²) in [5.41, 5.74) is 6.73. The number of nitrogens with zero attached hydrogens (tertiary/aromatic N) is 6. The van der Waals surface area contributed by atoms with Crippen LogP contribution in [0, 0.1) is 20.8 Å². The van der Waals surface area contributed by atoms with Gasteiger partial charge in [0.05, 0.1) is 17.6 Å². The van der Waals surface area contributed by atoms with Crippen LogP contribution in [0.1, 0.15) is 22.4 Å². The lowest BCUT2D eigenvalue weighted by Crippen LogP contribution is -2.17. The Morgan fingerprint density at radius 1 is 0.923 bits per heavy atom. The third kappa shape index (κ3) is 5.99. The van der Waals surface area contributed by atoms with Crippen LogP contribution in [0.25, 0.3) is 22.8 Å². The van der Waals surface area contributed by atoms with Crippen LogP contribution < -0.4 is 9.54 Å². The predicted molar refractivity (Wildman–Crippen MR) is 144 cm³/mol. The quantitative estimate of drug-likeness (QED) is 0.179. The fourth-order valence-electron chi connectivity index (χ4n) is 4.08. The lowest BCUT2D eigenvalue weighted by molar-refractivity contribution is -0.274. The number of aromatic nitrogens is 4. The lowest BCUT2D eigenvalue weighted by atomic mass is 10.1. The van der Waals surface area contributed by atoms with Crippen LogP contribution in [-0.2, 0) is 0 Å². The summed E-state index contributed by atoms with van der Waals surface area (Å²) in [4.78, 5) is 5.10. The third-order valence-corrected chi connectivity index (χ3v) is 6.82. The fraction of sp³-hybridized carbons (Fsp3) is 0.143. The van der Waals surface area contributed by atoms with E-state index in [4.69, 9.17) is 0 Å². The van der Waals surface area contributed by atoms with Gasteiger partial charge in [0.2, 0.25) is 4.80 Å². The molecule has 2 heterocycles. The van der Waals surface area contributed by atoms with E-state index < -0.39 is 6.36 Å². The van der Waals surface area contributed by atoms with Crippen molar-refractivity contribution in [2.75, 3.05) is 0 Å². The van der Waals surface area contributed by atoms with Crippen LogP contribution in [-0.4, -0.2) is 31.9 Å². The number of benzene rings is 3. The smallest absolute Gasteiger partial charge is 0.406 e. The van der Waals surface area contributed by atoms with Gasteiger partial charge in [0, 0.05) is 16.6 Å². The molecule has 0 fully saturated rings. The van der Waals surface area contributed by atoms with Gasteiger partial charge in [-0.05, 0) is 61.7 Å². The van der Waals surface area contributed by atoms with Gasteiger partial charge in [0.1, 0.15) is 12.1 Å². The van der Waals surface area contributed by atoms with Crippen molar-refractivity contribution in [2.45, 2.75) is 27.1 Å². The van der Waals surface area contributed by atoms with Gasteiger partial charge in [-0.15, -0.1) is 34.7 Å². The van der Waals surface area contributed by atoms with Crippen LogP contribution in [0.5, 0.6) is 5.75 Å². The summed E-state index contributed by atoms with van der Waals surface area (Å²) in [5.74, 6) is 0.174. The Morgan fingerprint density at radius 2 is 1.62 bits per heavy atom. The first-order chi connectivity index (χ1) is 18.7. The molecule has 0 aliphatic rings. The second kappa shape index (κ2) is 10.7. The van der Waals surface area contributed by atoms with Crippen molar-refractivity contribution in [3.05, 3.63) is 106 Å². The zero-order chi connectivity index (χ0) is 27.6. The molecular formula is C28H23F3N6OS. The van der Waals surface area contributed by atoms with Crippen molar-refractivity contribution in [1.29, 1.82) is 0 Å². The van der Waals surface area contributed by atoms with E-state index in [2.05, 4.69) is 67.9 Å². The molecule has 0 bridgehead atoms. The third-order valence-electron chi connectivity index (χ3n) is 5.89. The van der Waals surface area contributed by atoms with Gasteiger partial charge in [-0.1, -0.05) is 42.5 Å². The van der Waals surface area contributed by atoms with E-state index in [9.17, 15) is 13.2 Å². The van der Waals surface area contributed by atoms with Gasteiger partial charge in [0.25, 0.3) is 0 Å². The predicted octanol–water partition coefficient (Wildman–Crippen LogP) is 6.55. The van der Waals surface area contributed by atoms with E-state index in [-0.39, 0.29) is 5.75 Å². The first-order valence-electron chi connectivity index (χ1n) is 11.9. The molecule has 0 spiro atoms. The number of halogens is 3. The van der Waals surface area contributed by atoms with E-state index >= 15 is 0 Å². The summed E-state index contributed by atoms with van der Waals surface area (Å²) in [7, 11) is 0. The Balaban J connectivity index is 1.31. The van der Waals surface area contributed by atoms with Gasteiger partial charge in [-0.3, -0.25) is 4.57 Å². The van der Waals surface area contributed by atoms with Crippen LogP contribution in [0.15, 0.2) is 88.6 Å². The zero-order valence-corrected chi connectivity index (χ0v) is 22.0. The van der Waals surface area contributed by atoms with E-state index in [0.717, 1.165) is 27.3 Å². The number of alkyl halides is 3. The number of rotatable bonds is 6. The van der Waals surface area contributed by atoms with E-state index in [0.29, 0.717) is 11.5 Å². The maximum Gasteiger partial charge on any atom is 0.573 e. The van der Waals surface area contributed by atoms with Crippen molar-refractivity contribution in [3.8, 4) is 28.5 Å². The number of para-hydroxylation sites is 1. The maximum absolute atomic E-state index is 12.4. The molecule has 0 N–H and O–H groups in total. The number of ether oxygens (including phenoxy) is 1. The van der Waals surface area contributed by atoms with Gasteiger partial charge < -0.3 is 4.74 Å². The summed E-state index contributed by atoms with van der Waals surface area (Å²) in [6, 6.07) is 19.1. The lowest BCUT2D eigenvalue weighted by Gasteiger charge is -2.12. The van der Waals surface area contributed by atoms with Gasteiger partial charge in [-0.2, -0.15) is 5.10 Å². The molecule has 0 amide bonds. The molecule has 0 saturated carbocycles. The minimum absolute atomic E-state index is 0.301. The molecule has 3 aromatic carbocycles. The molecule has 7 nitrogen and oxygen atoms in total. The largest absolute Gasteiger partial charge is 0.573 e. The van der Waals surface area contributed by atoms with Gasteiger partial charge in [-0.25, -0.2) is 9.67 Å². The SMILES string of the molecule is Cc1cccc(C)c1-n1c(C)csc1=NN=Cc1ccc(-c2ncn(-c3ccc(OC(F)(F)F)cc3)n2)cc1. The minimum atomic E-state index is -4.74. The summed E-state index contributed by atoms with van der Waals surface area (Å²) in [6.07, 6.45) is -1.56. The highest BCUT2D eigenvalue weighted by molar-refractivity contribution is 7.07. The average molecular weight is 549 g/mol. The molecular weight excluding hydrogens is 525 g/mol. The monoisotopic (exact) mass is 548 g/mol. The van der Waals surface area contributed by atoms with E-state index in [1.165, 1.54) is 57.7 Å². The van der Waals surface area contributed by atoms with Crippen LogP contribution in [0.4, 0.5) is 13.2 Å². The summed E-state index contributed by atoms with van der Waals surface area (Å²) in [6.45, 7) is 6.22. The Bertz CT molecular complexity index is 1680. The van der Waals surface area contributed by atoms with Crippen molar-refractivity contribution in [1.82, 2.24) is 19.3 Å². The highest BCUT2D eigenvalue weighted by Gasteiger charge is 2.31. The highest BCUT2D eigenvalue weighted by atomic mass is 32.1. The number of aryl methyl sites for hydroxylation is 3. The van der Waals surface area contributed by atoms with E-state index in [1.54, 1.807) is 6.21 Å². The Morgan fingerprint density at radius 3 is 2.28 bits per heavy atom. The zero-order valence-electron chi connectivity index (χ0n) is 21.2. The molecule has 11 heteroatoms. The summed E-state index contributed by atoms with van der Waals surface area (Å²) < 4.78 is 44.6. The molecule has 5 aromatic rings. The molecule has 0 aliphatic heterocycles. The average Bonchev–Trinajstić information content (AvgIpc) is 3.52. The summed E-state index contributed by atoms with van der Waals surface area (Å²) in [5, 5.41) is 15.3. The second-order valence-electron chi connectivity index (χ2n) is 8.76.